The van der Waals surface area contributed by atoms with Crippen LogP contribution in [0.25, 0.3) is 86.7 Å². The highest BCUT2D eigenvalue weighted by Crippen LogP contribution is 2.43. The Morgan fingerprint density at radius 2 is 1.02 bits per heavy atom. The van der Waals surface area contributed by atoms with Crippen molar-refractivity contribution in [2.24, 2.45) is 0 Å². The summed E-state index contributed by atoms with van der Waals surface area (Å²) in [6, 6.07) is 42.8. The number of benzene rings is 4. The molecule has 9 rings (SSSR count). The summed E-state index contributed by atoms with van der Waals surface area (Å²) in [5, 5.41) is 6.24. The Kier molecular flexibility index (Phi) is 5.96. The van der Waals surface area contributed by atoms with Crippen molar-refractivity contribution in [2.75, 3.05) is 0 Å². The van der Waals surface area contributed by atoms with Crippen molar-refractivity contribution in [3.63, 3.8) is 0 Å². The molecule has 4 nitrogen and oxygen atoms in total. The monoisotopic (exact) mass is 592 g/mol. The fourth-order valence-electron chi connectivity index (χ4n) is 6.30. The standard InChI is InChI=1S/C40H24N4S/c1-3-7-34-32(6-1)38-33(14-13-31-30-5-2-4-8-37(30)45-40(31)38)39(44-34)28-11-9-25(10-12-28)29-23-35(26-15-19-41-20-16-26)43-36(24-29)27-17-21-42-22-18-27/h1-24H. The number of aromatic nitrogens is 4. The van der Waals surface area contributed by atoms with E-state index in [1.54, 1.807) is 24.8 Å². The molecule has 0 atom stereocenters. The number of pyridine rings is 4. The number of hydrogen-bond acceptors (Lipinski definition) is 5. The molecule has 4 aromatic carbocycles. The first-order chi connectivity index (χ1) is 22.3. The van der Waals surface area contributed by atoms with E-state index in [-0.39, 0.29) is 0 Å². The topological polar surface area (TPSA) is 51.6 Å². The van der Waals surface area contributed by atoms with E-state index < -0.39 is 0 Å². The van der Waals surface area contributed by atoms with E-state index in [0.29, 0.717) is 0 Å². The molecule has 0 spiro atoms. The van der Waals surface area contributed by atoms with Gasteiger partial charge in [-0.15, -0.1) is 11.3 Å². The van der Waals surface area contributed by atoms with E-state index in [0.717, 1.165) is 50.4 Å². The number of nitrogens with zero attached hydrogens (tertiary/aromatic N) is 4. The lowest BCUT2D eigenvalue weighted by atomic mass is 9.96. The van der Waals surface area contributed by atoms with E-state index in [9.17, 15) is 0 Å². The minimum Gasteiger partial charge on any atom is -0.265 e. The molecular formula is C40H24N4S. The number of fused-ring (bicyclic) bond motifs is 7. The van der Waals surface area contributed by atoms with Crippen molar-refractivity contribution in [1.82, 2.24) is 19.9 Å². The van der Waals surface area contributed by atoms with E-state index in [2.05, 4.69) is 107 Å². The molecule has 9 aromatic rings. The van der Waals surface area contributed by atoms with Crippen LogP contribution in [0.4, 0.5) is 0 Å². The molecule has 5 aromatic heterocycles. The highest BCUT2D eigenvalue weighted by molar-refractivity contribution is 7.26. The maximum atomic E-state index is 5.23. The van der Waals surface area contributed by atoms with Gasteiger partial charge in [-0.2, -0.15) is 0 Å². The van der Waals surface area contributed by atoms with Gasteiger partial charge in [0.25, 0.3) is 0 Å². The molecule has 210 valence electrons. The maximum Gasteiger partial charge on any atom is 0.0788 e. The lowest BCUT2D eigenvalue weighted by Gasteiger charge is -2.13. The molecule has 5 heterocycles. The maximum absolute atomic E-state index is 5.23. The van der Waals surface area contributed by atoms with Crippen LogP contribution in [-0.2, 0) is 0 Å². The number of rotatable bonds is 4. The van der Waals surface area contributed by atoms with Gasteiger partial charge in [0, 0.05) is 77.8 Å². The highest BCUT2D eigenvalue weighted by Gasteiger charge is 2.16. The van der Waals surface area contributed by atoms with E-state index >= 15 is 0 Å². The first-order valence-corrected chi connectivity index (χ1v) is 15.7. The molecular weight excluding hydrogens is 569 g/mol. The van der Waals surface area contributed by atoms with Crippen LogP contribution < -0.4 is 0 Å². The molecule has 0 saturated heterocycles. The number of thiophene rings is 1. The predicted octanol–water partition coefficient (Wildman–Crippen LogP) is 10.6. The van der Waals surface area contributed by atoms with Crippen molar-refractivity contribution >= 4 is 53.2 Å². The Bertz CT molecular complexity index is 2460. The quantitative estimate of drug-likeness (QED) is 0.191. The van der Waals surface area contributed by atoms with Crippen LogP contribution in [0.3, 0.4) is 0 Å². The summed E-state index contributed by atoms with van der Waals surface area (Å²) in [6.45, 7) is 0. The van der Waals surface area contributed by atoms with Gasteiger partial charge in [-0.1, -0.05) is 72.8 Å². The minimum atomic E-state index is 0.903. The second kappa shape index (κ2) is 10.4. The summed E-state index contributed by atoms with van der Waals surface area (Å²) in [5.41, 5.74) is 9.17. The Labute approximate surface area is 263 Å². The van der Waals surface area contributed by atoms with Crippen LogP contribution in [0.15, 0.2) is 146 Å². The van der Waals surface area contributed by atoms with Crippen molar-refractivity contribution < 1.29 is 0 Å². The molecule has 0 saturated carbocycles. The van der Waals surface area contributed by atoms with E-state index in [1.165, 1.54) is 36.3 Å². The van der Waals surface area contributed by atoms with Gasteiger partial charge in [0.1, 0.15) is 0 Å². The molecule has 0 amide bonds. The first-order valence-electron chi connectivity index (χ1n) is 14.9. The fraction of sp³-hybridized carbons (Fsp3) is 0. The van der Waals surface area contributed by atoms with Gasteiger partial charge < -0.3 is 0 Å². The summed E-state index contributed by atoms with van der Waals surface area (Å²) in [4.78, 5) is 18.6. The van der Waals surface area contributed by atoms with Crippen LogP contribution in [-0.4, -0.2) is 19.9 Å². The minimum absolute atomic E-state index is 0.903. The van der Waals surface area contributed by atoms with Gasteiger partial charge in [0.15, 0.2) is 0 Å². The summed E-state index contributed by atoms with van der Waals surface area (Å²) in [7, 11) is 0. The average Bonchev–Trinajstić information content (AvgIpc) is 3.51. The van der Waals surface area contributed by atoms with Crippen LogP contribution in [0.1, 0.15) is 0 Å². The molecule has 0 aliphatic carbocycles. The predicted molar refractivity (Wildman–Crippen MR) is 187 cm³/mol. The Morgan fingerprint density at radius 3 is 1.73 bits per heavy atom. The largest absolute Gasteiger partial charge is 0.265 e. The van der Waals surface area contributed by atoms with Crippen LogP contribution in [0, 0.1) is 0 Å². The Balaban J connectivity index is 1.21. The molecule has 0 unspecified atom stereocenters. The molecule has 0 N–H and O–H groups in total. The van der Waals surface area contributed by atoms with Crippen LogP contribution in [0.5, 0.6) is 0 Å². The zero-order valence-electron chi connectivity index (χ0n) is 24.1. The Morgan fingerprint density at radius 1 is 0.422 bits per heavy atom. The summed E-state index contributed by atoms with van der Waals surface area (Å²) in [6.07, 6.45) is 7.21. The molecule has 0 aliphatic heterocycles. The third kappa shape index (κ3) is 4.36. The van der Waals surface area contributed by atoms with Crippen molar-refractivity contribution in [3.05, 3.63) is 146 Å². The number of para-hydroxylation sites is 1. The lowest BCUT2D eigenvalue weighted by molar-refractivity contribution is 1.27. The van der Waals surface area contributed by atoms with E-state index in [1.807, 2.05) is 35.6 Å². The van der Waals surface area contributed by atoms with Gasteiger partial charge in [0.2, 0.25) is 0 Å². The molecule has 5 heteroatoms. The smallest absolute Gasteiger partial charge is 0.0788 e. The zero-order valence-corrected chi connectivity index (χ0v) is 24.9. The molecule has 0 bridgehead atoms. The molecule has 0 fully saturated rings. The second-order valence-corrected chi connectivity index (χ2v) is 12.2. The van der Waals surface area contributed by atoms with Crippen molar-refractivity contribution in [2.45, 2.75) is 0 Å². The van der Waals surface area contributed by atoms with Gasteiger partial charge in [-0.25, -0.2) is 9.97 Å². The number of hydrogen-bond donors (Lipinski definition) is 0. The van der Waals surface area contributed by atoms with Gasteiger partial charge >= 0.3 is 0 Å². The fourth-order valence-corrected chi connectivity index (χ4v) is 7.56. The first kappa shape index (κ1) is 25.7. The third-order valence-corrected chi connectivity index (χ3v) is 9.68. The van der Waals surface area contributed by atoms with Crippen LogP contribution >= 0.6 is 11.3 Å². The molecule has 45 heavy (non-hydrogen) atoms. The average molecular weight is 593 g/mol. The van der Waals surface area contributed by atoms with Crippen LogP contribution in [0.2, 0.25) is 0 Å². The summed E-state index contributed by atoms with van der Waals surface area (Å²) >= 11 is 1.87. The third-order valence-electron chi connectivity index (χ3n) is 8.48. The highest BCUT2D eigenvalue weighted by atomic mass is 32.1. The second-order valence-electron chi connectivity index (χ2n) is 11.1. The van der Waals surface area contributed by atoms with E-state index in [4.69, 9.17) is 9.97 Å². The van der Waals surface area contributed by atoms with Gasteiger partial charge in [-0.3, -0.25) is 9.97 Å². The SMILES string of the molecule is c1ccc2c(c1)nc(-c1ccc(-c3cc(-c4ccncc4)nc(-c4ccncc4)c3)cc1)c1ccc3c4ccccc4sc3c12. The summed E-state index contributed by atoms with van der Waals surface area (Å²) in [5.74, 6) is 0. The van der Waals surface area contributed by atoms with Crippen molar-refractivity contribution in [1.29, 1.82) is 0 Å². The normalized spacial score (nSPS) is 11.6. The van der Waals surface area contributed by atoms with Crippen molar-refractivity contribution in [3.8, 4) is 44.9 Å². The summed E-state index contributed by atoms with van der Waals surface area (Å²) < 4.78 is 2.62. The molecule has 0 aliphatic rings. The lowest BCUT2D eigenvalue weighted by Crippen LogP contribution is -1.92. The molecule has 0 radical (unpaired) electrons. The van der Waals surface area contributed by atoms with Gasteiger partial charge in [0.05, 0.1) is 22.6 Å². The zero-order chi connectivity index (χ0) is 29.7. The van der Waals surface area contributed by atoms with Gasteiger partial charge in [-0.05, 0) is 59.7 Å². The Hall–Kier alpha value is -5.78.